The van der Waals surface area contributed by atoms with Gasteiger partial charge >= 0.3 is 12.1 Å². The molecule has 2 fully saturated rings. The van der Waals surface area contributed by atoms with E-state index in [9.17, 15) is 9.59 Å². The molecule has 0 aromatic heterocycles. The lowest BCUT2D eigenvalue weighted by atomic mass is 9.91. The lowest BCUT2D eigenvalue weighted by molar-refractivity contribution is -0.148. The molecule has 0 unspecified atom stereocenters. The van der Waals surface area contributed by atoms with Crippen LogP contribution in [0.5, 0.6) is 0 Å². The van der Waals surface area contributed by atoms with E-state index in [1.165, 1.54) is 7.11 Å². The second kappa shape index (κ2) is 5.02. The lowest BCUT2D eigenvalue weighted by Gasteiger charge is -2.38. The summed E-state index contributed by atoms with van der Waals surface area (Å²) in [5.74, 6) is -0.220. The summed E-state index contributed by atoms with van der Waals surface area (Å²) >= 11 is 0. The molecular formula is C14H23NO4. The molecule has 2 aliphatic heterocycles. The summed E-state index contributed by atoms with van der Waals surface area (Å²) in [6, 6.07) is 0.246. The van der Waals surface area contributed by atoms with E-state index in [0.717, 1.165) is 12.8 Å². The highest BCUT2D eigenvalue weighted by atomic mass is 16.6. The molecule has 2 saturated heterocycles. The number of hydrogen-bond donors (Lipinski definition) is 0. The van der Waals surface area contributed by atoms with Gasteiger partial charge in [-0.05, 0) is 46.5 Å². The molecule has 0 aromatic carbocycles. The van der Waals surface area contributed by atoms with Crippen LogP contribution in [0.3, 0.4) is 0 Å². The minimum Gasteiger partial charge on any atom is -0.469 e. The van der Waals surface area contributed by atoms with Crippen molar-refractivity contribution in [2.75, 3.05) is 7.11 Å². The first-order valence-electron chi connectivity index (χ1n) is 6.91. The maximum Gasteiger partial charge on any atom is 0.410 e. The van der Waals surface area contributed by atoms with Gasteiger partial charge < -0.3 is 14.4 Å². The fourth-order valence-corrected chi connectivity index (χ4v) is 3.15. The molecule has 0 radical (unpaired) electrons. The third-order valence-electron chi connectivity index (χ3n) is 3.87. The monoisotopic (exact) mass is 269 g/mol. The van der Waals surface area contributed by atoms with Crippen LogP contribution in [0, 0.1) is 5.92 Å². The van der Waals surface area contributed by atoms with E-state index in [2.05, 4.69) is 0 Å². The maximum absolute atomic E-state index is 12.2. The Hall–Kier alpha value is -1.26. The van der Waals surface area contributed by atoms with Crippen molar-refractivity contribution in [3.05, 3.63) is 0 Å². The molecule has 1 amide bonds. The van der Waals surface area contributed by atoms with Gasteiger partial charge in [-0.1, -0.05) is 0 Å². The number of hydrogen-bond acceptors (Lipinski definition) is 4. The number of amides is 1. The van der Waals surface area contributed by atoms with Crippen LogP contribution in [0.1, 0.15) is 46.5 Å². The van der Waals surface area contributed by atoms with Crippen LogP contribution in [-0.2, 0) is 14.3 Å². The van der Waals surface area contributed by atoms with Crippen LogP contribution in [0.2, 0.25) is 0 Å². The standard InChI is InChI=1S/C14H23NO4/c1-14(2,3)19-13(17)15-10-5-6-11(15)8-9(7-10)12(16)18-4/h9-11H,5-8H2,1-4H3/t9-,10-,11+. The van der Waals surface area contributed by atoms with Gasteiger partial charge in [-0.25, -0.2) is 4.79 Å². The molecule has 2 heterocycles. The molecule has 0 saturated carbocycles. The molecule has 2 bridgehead atoms. The molecule has 0 aliphatic carbocycles. The quantitative estimate of drug-likeness (QED) is 0.686. The highest BCUT2D eigenvalue weighted by Gasteiger charge is 2.46. The van der Waals surface area contributed by atoms with E-state index in [-0.39, 0.29) is 30.1 Å². The second-order valence-corrected chi connectivity index (χ2v) is 6.46. The average Bonchev–Trinajstić information content (AvgIpc) is 2.57. The SMILES string of the molecule is COC(=O)[C@@H]1C[C@H]2CC[C@@H](C1)N2C(=O)OC(C)(C)C. The van der Waals surface area contributed by atoms with E-state index in [1.54, 1.807) is 0 Å². The van der Waals surface area contributed by atoms with Crippen LogP contribution >= 0.6 is 0 Å². The van der Waals surface area contributed by atoms with Crippen LogP contribution < -0.4 is 0 Å². The fraction of sp³-hybridized carbons (Fsp3) is 0.857. The van der Waals surface area contributed by atoms with Gasteiger partial charge in [0.1, 0.15) is 5.60 Å². The van der Waals surface area contributed by atoms with Crippen molar-refractivity contribution in [2.24, 2.45) is 5.92 Å². The zero-order valence-electron chi connectivity index (χ0n) is 12.1. The molecule has 0 spiro atoms. The van der Waals surface area contributed by atoms with Gasteiger partial charge in [-0.3, -0.25) is 4.79 Å². The van der Waals surface area contributed by atoms with Gasteiger partial charge in [-0.2, -0.15) is 0 Å². The van der Waals surface area contributed by atoms with Crippen molar-refractivity contribution in [2.45, 2.75) is 64.1 Å². The Bertz CT molecular complexity index is 360. The molecule has 2 rings (SSSR count). The molecule has 0 N–H and O–H groups in total. The molecule has 2 aliphatic rings. The van der Waals surface area contributed by atoms with Crippen molar-refractivity contribution < 1.29 is 19.1 Å². The summed E-state index contributed by atoms with van der Waals surface area (Å²) in [5, 5.41) is 0. The van der Waals surface area contributed by atoms with Gasteiger partial charge in [0.05, 0.1) is 13.0 Å². The third-order valence-corrected chi connectivity index (χ3v) is 3.87. The van der Waals surface area contributed by atoms with Gasteiger partial charge in [0.2, 0.25) is 0 Å². The smallest absolute Gasteiger partial charge is 0.410 e. The minimum atomic E-state index is -0.476. The molecule has 5 heteroatoms. The highest BCUT2D eigenvalue weighted by molar-refractivity contribution is 5.74. The number of fused-ring (bicyclic) bond motifs is 2. The third kappa shape index (κ3) is 3.01. The van der Waals surface area contributed by atoms with Gasteiger partial charge in [-0.15, -0.1) is 0 Å². The number of nitrogens with zero attached hydrogens (tertiary/aromatic N) is 1. The number of ether oxygens (including phenoxy) is 2. The van der Waals surface area contributed by atoms with E-state index < -0.39 is 5.60 Å². The predicted molar refractivity (Wildman–Crippen MR) is 69.6 cm³/mol. The first-order valence-corrected chi connectivity index (χ1v) is 6.91. The Kier molecular flexibility index (Phi) is 3.74. The molecule has 0 aromatic rings. The van der Waals surface area contributed by atoms with Crippen LogP contribution in [0.4, 0.5) is 4.79 Å². The summed E-state index contributed by atoms with van der Waals surface area (Å²) < 4.78 is 10.3. The van der Waals surface area contributed by atoms with Crippen molar-refractivity contribution in [3.8, 4) is 0 Å². The number of rotatable bonds is 1. The van der Waals surface area contributed by atoms with Gasteiger partial charge in [0.25, 0.3) is 0 Å². The van der Waals surface area contributed by atoms with E-state index >= 15 is 0 Å². The molecule has 3 atom stereocenters. The van der Waals surface area contributed by atoms with Crippen molar-refractivity contribution in [1.82, 2.24) is 4.90 Å². The van der Waals surface area contributed by atoms with Gasteiger partial charge in [0.15, 0.2) is 0 Å². The Labute approximate surface area is 114 Å². The Morgan fingerprint density at radius 3 is 2.05 bits per heavy atom. The fourth-order valence-electron chi connectivity index (χ4n) is 3.15. The number of methoxy groups -OCH3 is 1. The molecule has 108 valence electrons. The predicted octanol–water partition coefficient (Wildman–Crippen LogP) is 2.34. The highest BCUT2D eigenvalue weighted by Crippen LogP contribution is 2.39. The summed E-state index contributed by atoms with van der Waals surface area (Å²) in [7, 11) is 1.42. The summed E-state index contributed by atoms with van der Waals surface area (Å²) in [5.41, 5.74) is -0.476. The van der Waals surface area contributed by atoms with Crippen LogP contribution in [0.25, 0.3) is 0 Å². The summed E-state index contributed by atoms with van der Waals surface area (Å²) in [6.07, 6.45) is 3.06. The maximum atomic E-state index is 12.2. The van der Waals surface area contributed by atoms with Crippen molar-refractivity contribution >= 4 is 12.1 Å². The van der Waals surface area contributed by atoms with Crippen molar-refractivity contribution in [1.29, 1.82) is 0 Å². The number of piperidine rings is 1. The normalized spacial score (nSPS) is 30.1. The Balaban J connectivity index is 2.03. The lowest BCUT2D eigenvalue weighted by Crippen LogP contribution is -2.49. The molecular weight excluding hydrogens is 246 g/mol. The first-order chi connectivity index (χ1) is 8.81. The van der Waals surface area contributed by atoms with Gasteiger partial charge in [0, 0.05) is 12.1 Å². The average molecular weight is 269 g/mol. The number of carbonyl (C=O) groups excluding carboxylic acids is 2. The topological polar surface area (TPSA) is 55.8 Å². The van der Waals surface area contributed by atoms with E-state index in [4.69, 9.17) is 9.47 Å². The Morgan fingerprint density at radius 1 is 1.11 bits per heavy atom. The Morgan fingerprint density at radius 2 is 1.63 bits per heavy atom. The zero-order chi connectivity index (χ0) is 14.2. The molecule has 5 nitrogen and oxygen atoms in total. The summed E-state index contributed by atoms with van der Waals surface area (Å²) in [6.45, 7) is 5.61. The largest absolute Gasteiger partial charge is 0.469 e. The first kappa shape index (κ1) is 14.2. The van der Waals surface area contributed by atoms with Crippen LogP contribution in [0.15, 0.2) is 0 Å². The molecule has 19 heavy (non-hydrogen) atoms. The minimum absolute atomic E-state index is 0.0683. The van der Waals surface area contributed by atoms with Crippen LogP contribution in [-0.4, -0.2) is 41.8 Å². The number of esters is 1. The number of carbonyl (C=O) groups is 2. The summed E-state index contributed by atoms with van der Waals surface area (Å²) in [4.78, 5) is 25.7. The van der Waals surface area contributed by atoms with Crippen molar-refractivity contribution in [3.63, 3.8) is 0 Å². The van der Waals surface area contributed by atoms with E-state index in [0.29, 0.717) is 12.8 Å². The second-order valence-electron chi connectivity index (χ2n) is 6.46. The zero-order valence-corrected chi connectivity index (χ0v) is 12.1. The van der Waals surface area contributed by atoms with E-state index in [1.807, 2.05) is 25.7 Å².